The van der Waals surface area contributed by atoms with Crippen molar-refractivity contribution in [2.24, 2.45) is 4.99 Å². The molecule has 0 fully saturated rings. The Morgan fingerprint density at radius 1 is 1.15 bits per heavy atom. The summed E-state index contributed by atoms with van der Waals surface area (Å²) in [5.41, 5.74) is 4.76. The molecule has 0 bridgehead atoms. The molecule has 5 nitrogen and oxygen atoms in total. The number of rotatable bonds is 6. The first kappa shape index (κ1) is 21.2. The van der Waals surface area contributed by atoms with Crippen molar-refractivity contribution in [2.45, 2.75) is 26.3 Å². The number of nitrogens with one attached hydrogen (secondary N) is 2. The zero-order valence-electron chi connectivity index (χ0n) is 16.2. The van der Waals surface area contributed by atoms with Crippen LogP contribution in [0.4, 0.5) is 0 Å². The van der Waals surface area contributed by atoms with Gasteiger partial charge in [-0.2, -0.15) is 0 Å². The molecule has 3 aromatic rings. The van der Waals surface area contributed by atoms with E-state index in [1.807, 2.05) is 25.2 Å². The third-order valence-corrected chi connectivity index (χ3v) is 4.55. The van der Waals surface area contributed by atoms with Gasteiger partial charge in [-0.05, 0) is 36.6 Å². The number of fused-ring (bicyclic) bond motifs is 1. The van der Waals surface area contributed by atoms with Crippen molar-refractivity contribution in [1.82, 2.24) is 20.2 Å². The number of benzene rings is 2. The number of imidazole rings is 1. The van der Waals surface area contributed by atoms with E-state index in [2.05, 4.69) is 69.5 Å². The van der Waals surface area contributed by atoms with Crippen molar-refractivity contribution < 1.29 is 0 Å². The Bertz CT molecular complexity index is 854. The van der Waals surface area contributed by atoms with E-state index in [-0.39, 0.29) is 24.0 Å². The van der Waals surface area contributed by atoms with Crippen molar-refractivity contribution in [3.05, 3.63) is 65.5 Å². The highest BCUT2D eigenvalue weighted by atomic mass is 127. The van der Waals surface area contributed by atoms with E-state index in [0.29, 0.717) is 0 Å². The van der Waals surface area contributed by atoms with Gasteiger partial charge in [0.05, 0.1) is 11.0 Å². The molecular weight excluding hydrogens is 449 g/mol. The van der Waals surface area contributed by atoms with Gasteiger partial charge in [0.2, 0.25) is 0 Å². The van der Waals surface area contributed by atoms with E-state index in [1.54, 1.807) is 0 Å². The molecule has 1 heterocycles. The minimum Gasteiger partial charge on any atom is -0.356 e. The van der Waals surface area contributed by atoms with Gasteiger partial charge in [-0.3, -0.25) is 4.99 Å². The largest absolute Gasteiger partial charge is 0.356 e. The van der Waals surface area contributed by atoms with Gasteiger partial charge in [-0.25, -0.2) is 4.98 Å². The van der Waals surface area contributed by atoms with Crippen LogP contribution in [-0.4, -0.2) is 41.5 Å². The van der Waals surface area contributed by atoms with Gasteiger partial charge in [0.25, 0.3) is 0 Å². The summed E-state index contributed by atoms with van der Waals surface area (Å²) in [5, 5.41) is 3.45. The van der Waals surface area contributed by atoms with Crippen molar-refractivity contribution in [2.75, 3.05) is 20.6 Å². The lowest BCUT2D eigenvalue weighted by Crippen LogP contribution is -2.39. The quantitative estimate of drug-likeness (QED) is 0.243. The van der Waals surface area contributed by atoms with Crippen molar-refractivity contribution in [1.29, 1.82) is 0 Å². The number of H-pyrrole nitrogens is 1. The maximum absolute atomic E-state index is 4.63. The number of aliphatic imine (C=N–C) groups is 1. The van der Waals surface area contributed by atoms with Crippen LogP contribution in [0, 0.1) is 6.92 Å². The van der Waals surface area contributed by atoms with Gasteiger partial charge in [0, 0.05) is 33.6 Å². The average Bonchev–Trinajstić information content (AvgIpc) is 3.06. The fourth-order valence-electron chi connectivity index (χ4n) is 3.08. The molecule has 6 heteroatoms. The lowest BCUT2D eigenvalue weighted by atomic mass is 10.1. The highest BCUT2D eigenvalue weighted by Gasteiger charge is 2.08. The Kier molecular flexibility index (Phi) is 8.09. The number of para-hydroxylation sites is 2. The minimum atomic E-state index is 0. The third-order valence-electron chi connectivity index (χ3n) is 4.55. The lowest BCUT2D eigenvalue weighted by Gasteiger charge is -2.23. The first-order chi connectivity index (χ1) is 12.7. The molecule has 3 rings (SSSR count). The second kappa shape index (κ2) is 10.3. The van der Waals surface area contributed by atoms with Crippen molar-refractivity contribution >= 4 is 41.0 Å². The van der Waals surface area contributed by atoms with E-state index < -0.39 is 0 Å². The number of aromatic nitrogens is 2. The number of aromatic amines is 1. The highest BCUT2D eigenvalue weighted by Crippen LogP contribution is 2.11. The third kappa shape index (κ3) is 5.69. The number of guanidine groups is 1. The topological polar surface area (TPSA) is 56.3 Å². The Morgan fingerprint density at radius 3 is 2.63 bits per heavy atom. The van der Waals surface area contributed by atoms with Gasteiger partial charge in [-0.1, -0.05) is 36.4 Å². The first-order valence-corrected chi connectivity index (χ1v) is 9.07. The normalized spacial score (nSPS) is 11.3. The van der Waals surface area contributed by atoms with Crippen LogP contribution < -0.4 is 5.32 Å². The molecular formula is C21H28IN5. The van der Waals surface area contributed by atoms with Crippen LogP contribution in [0.1, 0.15) is 23.4 Å². The van der Waals surface area contributed by atoms with Crippen LogP contribution >= 0.6 is 24.0 Å². The molecule has 0 aliphatic rings. The molecule has 27 heavy (non-hydrogen) atoms. The SMILES string of the molecule is CN=C(NCCCc1nc2ccccc2[nH]1)N(C)Cc1ccccc1C.I. The zero-order chi connectivity index (χ0) is 18.4. The Hall–Kier alpha value is -2.09. The number of hydrogen-bond acceptors (Lipinski definition) is 2. The molecule has 0 saturated heterocycles. The molecule has 2 aromatic carbocycles. The molecule has 0 aliphatic heterocycles. The van der Waals surface area contributed by atoms with E-state index in [9.17, 15) is 0 Å². The molecule has 0 saturated carbocycles. The van der Waals surface area contributed by atoms with Crippen molar-refractivity contribution in [3.63, 3.8) is 0 Å². The summed E-state index contributed by atoms with van der Waals surface area (Å²) in [6.45, 7) is 3.85. The summed E-state index contributed by atoms with van der Waals surface area (Å²) in [5.74, 6) is 1.95. The smallest absolute Gasteiger partial charge is 0.193 e. The average molecular weight is 477 g/mol. The maximum Gasteiger partial charge on any atom is 0.193 e. The van der Waals surface area contributed by atoms with Gasteiger partial charge in [0.15, 0.2) is 5.96 Å². The van der Waals surface area contributed by atoms with Gasteiger partial charge in [-0.15, -0.1) is 24.0 Å². The van der Waals surface area contributed by atoms with E-state index in [0.717, 1.165) is 48.7 Å². The van der Waals surface area contributed by atoms with Crippen LogP contribution in [0.15, 0.2) is 53.5 Å². The minimum absolute atomic E-state index is 0. The molecule has 1 aromatic heterocycles. The standard InChI is InChI=1S/C21H27N5.HI/c1-16-9-4-5-10-17(16)15-26(3)21(22-2)23-14-8-13-20-24-18-11-6-7-12-19(18)25-20;/h4-7,9-12H,8,13-15H2,1-3H3,(H,22,23)(H,24,25);1H. The number of halogens is 1. The summed E-state index contributed by atoms with van der Waals surface area (Å²) >= 11 is 0. The lowest BCUT2D eigenvalue weighted by molar-refractivity contribution is 0.474. The molecule has 2 N–H and O–H groups in total. The molecule has 0 aliphatic carbocycles. The van der Waals surface area contributed by atoms with E-state index >= 15 is 0 Å². The number of aryl methyl sites for hydroxylation is 2. The predicted octanol–water partition coefficient (Wildman–Crippen LogP) is 4.13. The molecule has 0 spiro atoms. The molecule has 0 amide bonds. The fourth-order valence-corrected chi connectivity index (χ4v) is 3.08. The number of nitrogens with zero attached hydrogens (tertiary/aromatic N) is 3. The Labute approximate surface area is 178 Å². The van der Waals surface area contributed by atoms with Gasteiger partial charge in [0.1, 0.15) is 5.82 Å². The summed E-state index contributed by atoms with van der Waals surface area (Å²) in [7, 11) is 3.90. The van der Waals surface area contributed by atoms with Crippen LogP contribution in [0.3, 0.4) is 0 Å². The summed E-state index contributed by atoms with van der Waals surface area (Å²) in [4.78, 5) is 14.6. The van der Waals surface area contributed by atoms with Crippen LogP contribution in [-0.2, 0) is 13.0 Å². The van der Waals surface area contributed by atoms with Crippen LogP contribution in [0.2, 0.25) is 0 Å². The maximum atomic E-state index is 4.63. The zero-order valence-corrected chi connectivity index (χ0v) is 18.5. The summed E-state index contributed by atoms with van der Waals surface area (Å²) in [6.07, 6.45) is 1.91. The first-order valence-electron chi connectivity index (χ1n) is 9.07. The second-order valence-electron chi connectivity index (χ2n) is 6.56. The van der Waals surface area contributed by atoms with Gasteiger partial charge < -0.3 is 15.2 Å². The van der Waals surface area contributed by atoms with Crippen molar-refractivity contribution in [3.8, 4) is 0 Å². The van der Waals surface area contributed by atoms with E-state index in [1.165, 1.54) is 11.1 Å². The summed E-state index contributed by atoms with van der Waals surface area (Å²) in [6, 6.07) is 16.6. The van der Waals surface area contributed by atoms with Gasteiger partial charge >= 0.3 is 0 Å². The monoisotopic (exact) mass is 477 g/mol. The Morgan fingerprint density at radius 2 is 1.89 bits per heavy atom. The van der Waals surface area contributed by atoms with E-state index in [4.69, 9.17) is 0 Å². The Balaban J connectivity index is 0.00000261. The molecule has 0 atom stereocenters. The molecule has 0 radical (unpaired) electrons. The van der Waals surface area contributed by atoms with Crippen LogP contribution in [0.5, 0.6) is 0 Å². The second-order valence-corrected chi connectivity index (χ2v) is 6.56. The molecule has 0 unspecified atom stereocenters. The fraction of sp³-hybridized carbons (Fsp3) is 0.333. The van der Waals surface area contributed by atoms with Crippen LogP contribution in [0.25, 0.3) is 11.0 Å². The number of hydrogen-bond donors (Lipinski definition) is 2. The highest BCUT2D eigenvalue weighted by molar-refractivity contribution is 14.0. The molecule has 144 valence electrons. The summed E-state index contributed by atoms with van der Waals surface area (Å²) < 4.78 is 0. The predicted molar refractivity (Wildman–Crippen MR) is 124 cm³/mol.